The van der Waals surface area contributed by atoms with Crippen molar-refractivity contribution < 1.29 is 0 Å². The van der Waals surface area contributed by atoms with E-state index in [0.717, 1.165) is 19.4 Å². The highest BCUT2D eigenvalue weighted by atomic mass is 15.3. The lowest BCUT2D eigenvalue weighted by molar-refractivity contribution is 0.284. The van der Waals surface area contributed by atoms with Crippen molar-refractivity contribution in [2.45, 2.75) is 59.9 Å². The molecule has 1 aromatic heterocycles. The zero-order valence-corrected chi connectivity index (χ0v) is 13.1. The summed E-state index contributed by atoms with van der Waals surface area (Å²) in [5.41, 5.74) is 2.93. The lowest BCUT2D eigenvalue weighted by Crippen LogP contribution is -2.42. The second-order valence-corrected chi connectivity index (χ2v) is 7.05. The highest BCUT2D eigenvalue weighted by molar-refractivity contribution is 5.12. The van der Waals surface area contributed by atoms with E-state index in [0.29, 0.717) is 0 Å². The number of rotatable bonds is 5. The highest BCUT2D eigenvalue weighted by Crippen LogP contribution is 2.22. The van der Waals surface area contributed by atoms with Crippen LogP contribution in [0.2, 0.25) is 0 Å². The molecule has 0 radical (unpaired) electrons. The molecule has 0 saturated carbocycles. The molecule has 0 saturated heterocycles. The zero-order chi connectivity index (χ0) is 14.0. The molecule has 0 atom stereocenters. The normalized spacial score (nSPS) is 13.1. The predicted molar refractivity (Wildman–Crippen MR) is 77.8 cm³/mol. The van der Waals surface area contributed by atoms with E-state index in [1.807, 2.05) is 11.7 Å². The largest absolute Gasteiger partial charge is 0.312 e. The maximum absolute atomic E-state index is 4.52. The van der Waals surface area contributed by atoms with Crippen molar-refractivity contribution >= 4 is 0 Å². The van der Waals surface area contributed by atoms with Gasteiger partial charge in [0.15, 0.2) is 0 Å². The van der Waals surface area contributed by atoms with Gasteiger partial charge in [-0.3, -0.25) is 4.68 Å². The SMILES string of the molecule is CCc1cc(CC(C)(C)CNC(C)(C)C)n(C)n1. The fourth-order valence-corrected chi connectivity index (χ4v) is 1.97. The quantitative estimate of drug-likeness (QED) is 0.872. The third-order valence-electron chi connectivity index (χ3n) is 3.15. The third kappa shape index (κ3) is 4.81. The van der Waals surface area contributed by atoms with Gasteiger partial charge in [0.2, 0.25) is 0 Å². The summed E-state index contributed by atoms with van der Waals surface area (Å²) in [6.07, 6.45) is 2.06. The summed E-state index contributed by atoms with van der Waals surface area (Å²) in [4.78, 5) is 0. The van der Waals surface area contributed by atoms with Crippen LogP contribution in [0.5, 0.6) is 0 Å². The molecule has 1 rings (SSSR count). The van der Waals surface area contributed by atoms with Gasteiger partial charge in [0.1, 0.15) is 0 Å². The molecule has 1 heterocycles. The van der Waals surface area contributed by atoms with E-state index < -0.39 is 0 Å². The highest BCUT2D eigenvalue weighted by Gasteiger charge is 2.23. The molecule has 0 fully saturated rings. The molecule has 18 heavy (non-hydrogen) atoms. The molecule has 0 unspecified atom stereocenters. The Hall–Kier alpha value is -0.830. The number of hydrogen-bond donors (Lipinski definition) is 1. The van der Waals surface area contributed by atoms with Crippen LogP contribution >= 0.6 is 0 Å². The van der Waals surface area contributed by atoms with Crippen LogP contribution in [0, 0.1) is 5.41 Å². The van der Waals surface area contributed by atoms with E-state index in [2.05, 4.69) is 58.0 Å². The lowest BCUT2D eigenvalue weighted by atomic mass is 9.86. The Kier molecular flexibility index (Phi) is 4.60. The summed E-state index contributed by atoms with van der Waals surface area (Å²) in [7, 11) is 2.04. The molecule has 0 aliphatic rings. The van der Waals surface area contributed by atoms with Crippen LogP contribution in [0.3, 0.4) is 0 Å². The van der Waals surface area contributed by atoms with Crippen molar-refractivity contribution in [2.24, 2.45) is 12.5 Å². The van der Waals surface area contributed by atoms with E-state index in [-0.39, 0.29) is 11.0 Å². The van der Waals surface area contributed by atoms with Gasteiger partial charge >= 0.3 is 0 Å². The molecule has 1 aromatic rings. The second-order valence-electron chi connectivity index (χ2n) is 7.05. The van der Waals surface area contributed by atoms with E-state index in [4.69, 9.17) is 0 Å². The first kappa shape index (κ1) is 15.2. The van der Waals surface area contributed by atoms with Crippen molar-refractivity contribution in [1.29, 1.82) is 0 Å². The summed E-state index contributed by atoms with van der Waals surface area (Å²) in [5.74, 6) is 0. The molecule has 0 amide bonds. The fourth-order valence-electron chi connectivity index (χ4n) is 1.97. The lowest BCUT2D eigenvalue weighted by Gasteiger charge is -2.30. The summed E-state index contributed by atoms with van der Waals surface area (Å²) in [5, 5.41) is 8.11. The van der Waals surface area contributed by atoms with Gasteiger partial charge in [-0.2, -0.15) is 5.10 Å². The number of nitrogens with zero attached hydrogens (tertiary/aromatic N) is 2. The smallest absolute Gasteiger partial charge is 0.0624 e. The maximum Gasteiger partial charge on any atom is 0.0624 e. The fraction of sp³-hybridized carbons (Fsp3) is 0.800. The minimum atomic E-state index is 0.179. The Morgan fingerprint density at radius 1 is 1.22 bits per heavy atom. The molecule has 0 spiro atoms. The topological polar surface area (TPSA) is 29.9 Å². The van der Waals surface area contributed by atoms with Crippen LogP contribution in [0.25, 0.3) is 0 Å². The van der Waals surface area contributed by atoms with Crippen LogP contribution in [0.15, 0.2) is 6.07 Å². The molecular formula is C15H29N3. The average Bonchev–Trinajstić information content (AvgIpc) is 2.56. The standard InChI is InChI=1S/C15H29N3/c1-8-12-9-13(18(7)17-12)10-15(5,6)11-16-14(2,3)4/h9,16H,8,10-11H2,1-7H3. The van der Waals surface area contributed by atoms with E-state index in [1.165, 1.54) is 11.4 Å². The molecule has 104 valence electrons. The van der Waals surface area contributed by atoms with Gasteiger partial charge < -0.3 is 5.32 Å². The molecule has 0 aliphatic heterocycles. The summed E-state index contributed by atoms with van der Waals surface area (Å²) in [6, 6.07) is 2.23. The molecule has 0 aromatic carbocycles. The van der Waals surface area contributed by atoms with Crippen molar-refractivity contribution in [3.63, 3.8) is 0 Å². The van der Waals surface area contributed by atoms with E-state index >= 15 is 0 Å². The number of aromatic nitrogens is 2. The Morgan fingerprint density at radius 3 is 2.28 bits per heavy atom. The van der Waals surface area contributed by atoms with Gasteiger partial charge in [-0.1, -0.05) is 20.8 Å². The Balaban J connectivity index is 2.66. The Labute approximate surface area is 112 Å². The minimum Gasteiger partial charge on any atom is -0.312 e. The van der Waals surface area contributed by atoms with Crippen molar-refractivity contribution in [1.82, 2.24) is 15.1 Å². The van der Waals surface area contributed by atoms with E-state index in [9.17, 15) is 0 Å². The van der Waals surface area contributed by atoms with Crippen molar-refractivity contribution in [3.8, 4) is 0 Å². The first-order valence-electron chi connectivity index (χ1n) is 6.90. The zero-order valence-electron chi connectivity index (χ0n) is 13.1. The van der Waals surface area contributed by atoms with Crippen LogP contribution < -0.4 is 5.32 Å². The van der Waals surface area contributed by atoms with Gasteiger partial charge in [-0.05, 0) is 45.1 Å². The molecule has 0 bridgehead atoms. The van der Waals surface area contributed by atoms with Crippen LogP contribution in [-0.2, 0) is 19.9 Å². The predicted octanol–water partition coefficient (Wildman–Crippen LogP) is 2.94. The molecular weight excluding hydrogens is 222 g/mol. The van der Waals surface area contributed by atoms with Gasteiger partial charge in [-0.25, -0.2) is 0 Å². The van der Waals surface area contributed by atoms with Gasteiger partial charge in [0.25, 0.3) is 0 Å². The van der Waals surface area contributed by atoms with E-state index in [1.54, 1.807) is 0 Å². The number of nitrogens with one attached hydrogen (secondary N) is 1. The Morgan fingerprint density at radius 2 is 1.83 bits per heavy atom. The number of hydrogen-bond acceptors (Lipinski definition) is 2. The van der Waals surface area contributed by atoms with Gasteiger partial charge in [0, 0.05) is 24.8 Å². The Bertz CT molecular complexity index is 383. The molecule has 3 heteroatoms. The minimum absolute atomic E-state index is 0.179. The van der Waals surface area contributed by atoms with Gasteiger partial charge in [0.05, 0.1) is 5.69 Å². The van der Waals surface area contributed by atoms with Crippen LogP contribution in [0.1, 0.15) is 52.9 Å². The van der Waals surface area contributed by atoms with Crippen LogP contribution in [0.4, 0.5) is 0 Å². The van der Waals surface area contributed by atoms with Gasteiger partial charge in [-0.15, -0.1) is 0 Å². The van der Waals surface area contributed by atoms with Crippen molar-refractivity contribution in [2.75, 3.05) is 6.54 Å². The molecule has 1 N–H and O–H groups in total. The summed E-state index contributed by atoms with van der Waals surface area (Å²) >= 11 is 0. The average molecular weight is 251 g/mol. The van der Waals surface area contributed by atoms with Crippen molar-refractivity contribution in [3.05, 3.63) is 17.5 Å². The first-order valence-corrected chi connectivity index (χ1v) is 6.90. The summed E-state index contributed by atoms with van der Waals surface area (Å²) in [6.45, 7) is 14.4. The maximum atomic E-state index is 4.52. The third-order valence-corrected chi connectivity index (χ3v) is 3.15. The molecule has 3 nitrogen and oxygen atoms in total. The van der Waals surface area contributed by atoms with Crippen LogP contribution in [-0.4, -0.2) is 21.9 Å². The second kappa shape index (κ2) is 5.43. The molecule has 0 aliphatic carbocycles. The number of aryl methyl sites for hydroxylation is 2. The monoisotopic (exact) mass is 251 g/mol. The first-order chi connectivity index (χ1) is 8.13. The summed E-state index contributed by atoms with van der Waals surface area (Å²) < 4.78 is 2.03.